The van der Waals surface area contributed by atoms with Crippen molar-refractivity contribution in [3.8, 4) is 0 Å². The van der Waals surface area contributed by atoms with Crippen molar-refractivity contribution in [1.82, 2.24) is 0 Å². The van der Waals surface area contributed by atoms with E-state index in [0.717, 1.165) is 22.4 Å². The predicted octanol–water partition coefficient (Wildman–Crippen LogP) is 4.03. The van der Waals surface area contributed by atoms with Crippen molar-refractivity contribution in [2.24, 2.45) is 5.92 Å². The number of nitrogens with zero attached hydrogens (tertiary/aromatic N) is 1. The van der Waals surface area contributed by atoms with Gasteiger partial charge in [-0.15, -0.1) is 0 Å². The third-order valence-electron chi connectivity index (χ3n) is 3.90. The molecule has 0 amide bonds. The minimum Gasteiger partial charge on any atom is -0.624 e. The van der Waals surface area contributed by atoms with E-state index < -0.39 is 0 Å². The molecule has 1 aliphatic heterocycles. The highest BCUT2D eigenvalue weighted by Crippen LogP contribution is 2.20. The van der Waals surface area contributed by atoms with Crippen LogP contribution in [0.1, 0.15) is 23.1 Å². The van der Waals surface area contributed by atoms with Crippen LogP contribution in [0.2, 0.25) is 0 Å². The first-order valence-electron chi connectivity index (χ1n) is 7.33. The maximum Gasteiger partial charge on any atom is 0.195 e. The molecule has 1 atom stereocenters. The van der Waals surface area contributed by atoms with Crippen LogP contribution in [0.4, 0.5) is 0 Å². The molecule has 0 spiro atoms. The molecule has 0 N–H and O–H groups in total. The topological polar surface area (TPSA) is 26.1 Å². The van der Waals surface area contributed by atoms with Crippen LogP contribution in [-0.2, 0) is 0 Å². The second kappa shape index (κ2) is 5.96. The van der Waals surface area contributed by atoms with Crippen LogP contribution in [0, 0.1) is 18.0 Å². The number of hydroxylamine groups is 1. The molecule has 0 saturated heterocycles. The van der Waals surface area contributed by atoms with E-state index in [4.69, 9.17) is 0 Å². The summed E-state index contributed by atoms with van der Waals surface area (Å²) in [5.41, 5.74) is 4.35. The molecule has 0 aliphatic carbocycles. The Morgan fingerprint density at radius 2 is 1.76 bits per heavy atom. The molecule has 2 heteroatoms. The summed E-state index contributed by atoms with van der Waals surface area (Å²) in [5, 5.41) is 12.1. The minimum atomic E-state index is 0.291. The number of benzene rings is 2. The Kier molecular flexibility index (Phi) is 3.87. The molecule has 0 fully saturated rings. The maximum absolute atomic E-state index is 12.1. The van der Waals surface area contributed by atoms with Crippen molar-refractivity contribution in [3.05, 3.63) is 82.6 Å². The smallest absolute Gasteiger partial charge is 0.195 e. The molecule has 0 unspecified atom stereocenters. The second-order valence-corrected chi connectivity index (χ2v) is 5.61. The van der Waals surface area contributed by atoms with Gasteiger partial charge in [0.05, 0.1) is 0 Å². The lowest BCUT2D eigenvalue weighted by atomic mass is 9.99. The molecule has 1 aliphatic rings. The average molecular weight is 277 g/mol. The van der Waals surface area contributed by atoms with Crippen LogP contribution in [0.25, 0.3) is 6.08 Å². The summed E-state index contributed by atoms with van der Waals surface area (Å²) in [5.74, 6) is 0.291. The Morgan fingerprint density at radius 1 is 1.05 bits per heavy atom. The molecule has 1 heterocycles. The van der Waals surface area contributed by atoms with Gasteiger partial charge >= 0.3 is 0 Å². The van der Waals surface area contributed by atoms with Gasteiger partial charge in [-0.05, 0) is 24.6 Å². The Labute approximate surface area is 125 Å². The van der Waals surface area contributed by atoms with Gasteiger partial charge in [0.2, 0.25) is 0 Å². The average Bonchev–Trinajstić information content (AvgIpc) is 2.88. The van der Waals surface area contributed by atoms with Crippen LogP contribution in [0.15, 0.2) is 60.7 Å². The van der Waals surface area contributed by atoms with Gasteiger partial charge in [-0.25, -0.2) is 4.74 Å². The second-order valence-electron chi connectivity index (χ2n) is 5.61. The van der Waals surface area contributed by atoms with Gasteiger partial charge < -0.3 is 5.21 Å². The highest BCUT2D eigenvalue weighted by molar-refractivity contribution is 5.98. The minimum absolute atomic E-state index is 0.291. The van der Waals surface area contributed by atoms with E-state index in [1.54, 1.807) is 0 Å². The zero-order valence-corrected chi connectivity index (χ0v) is 12.2. The molecule has 0 radical (unpaired) electrons. The molecule has 106 valence electrons. The monoisotopic (exact) mass is 277 g/mol. The molecule has 21 heavy (non-hydrogen) atoms. The number of rotatable bonds is 3. The first-order chi connectivity index (χ1) is 10.2. The van der Waals surface area contributed by atoms with Gasteiger partial charge in [0.15, 0.2) is 12.3 Å². The van der Waals surface area contributed by atoms with Crippen LogP contribution < -0.4 is 0 Å². The summed E-state index contributed by atoms with van der Waals surface area (Å²) in [4.78, 5) is 0. The maximum atomic E-state index is 12.1. The van der Waals surface area contributed by atoms with Crippen molar-refractivity contribution in [2.75, 3.05) is 6.54 Å². The molecular weight excluding hydrogens is 258 g/mol. The van der Waals surface area contributed by atoms with E-state index in [9.17, 15) is 5.21 Å². The van der Waals surface area contributed by atoms with Crippen molar-refractivity contribution < 1.29 is 4.74 Å². The lowest BCUT2D eigenvalue weighted by Crippen LogP contribution is -2.09. The summed E-state index contributed by atoms with van der Waals surface area (Å²) < 4.78 is 1.14. The van der Waals surface area contributed by atoms with E-state index in [1.165, 1.54) is 11.1 Å². The van der Waals surface area contributed by atoms with Crippen LogP contribution in [-0.4, -0.2) is 17.0 Å². The molecule has 0 aromatic heterocycles. The predicted molar refractivity (Wildman–Crippen MR) is 87.4 cm³/mol. The van der Waals surface area contributed by atoms with E-state index in [0.29, 0.717) is 12.5 Å². The summed E-state index contributed by atoms with van der Waals surface area (Å²) in [7, 11) is 0. The molecule has 2 aromatic carbocycles. The number of aryl methyl sites for hydroxylation is 1. The third kappa shape index (κ3) is 3.22. The molecule has 2 nitrogen and oxygen atoms in total. The van der Waals surface area contributed by atoms with Gasteiger partial charge in [-0.1, -0.05) is 60.2 Å². The van der Waals surface area contributed by atoms with E-state index >= 15 is 0 Å². The van der Waals surface area contributed by atoms with Gasteiger partial charge in [-0.2, -0.15) is 0 Å². The van der Waals surface area contributed by atoms with E-state index in [1.807, 2.05) is 30.3 Å². The van der Waals surface area contributed by atoms with Gasteiger partial charge in [-0.3, -0.25) is 0 Å². The molecule has 0 bridgehead atoms. The van der Waals surface area contributed by atoms with Crippen LogP contribution in [0.3, 0.4) is 0 Å². The Balaban J connectivity index is 1.71. The quantitative estimate of drug-likeness (QED) is 0.614. The highest BCUT2D eigenvalue weighted by Gasteiger charge is 2.27. The van der Waals surface area contributed by atoms with Gasteiger partial charge in [0, 0.05) is 17.9 Å². The van der Waals surface area contributed by atoms with Crippen molar-refractivity contribution in [3.63, 3.8) is 0 Å². The Hall–Kier alpha value is -2.35. The zero-order valence-electron chi connectivity index (χ0n) is 12.2. The first-order valence-corrected chi connectivity index (χ1v) is 7.33. The molecule has 2 aromatic rings. The molecular formula is C19H19NO. The fraction of sp³-hybridized carbons (Fsp3) is 0.211. The van der Waals surface area contributed by atoms with E-state index in [2.05, 4.69) is 43.3 Å². The molecule has 0 saturated carbocycles. The Bertz CT molecular complexity index is 668. The highest BCUT2D eigenvalue weighted by atomic mass is 16.5. The Morgan fingerprint density at radius 3 is 2.48 bits per heavy atom. The summed E-state index contributed by atoms with van der Waals surface area (Å²) in [6.07, 6.45) is 5.08. The molecule has 3 rings (SSSR count). The SMILES string of the molecule is Cc1ccc(C2=[N+]([O-])C[C@@H](/C=C/c3ccccc3)C2)cc1. The summed E-state index contributed by atoms with van der Waals surface area (Å²) in [6.45, 7) is 2.61. The lowest BCUT2D eigenvalue weighted by Gasteiger charge is -2.02. The van der Waals surface area contributed by atoms with Gasteiger partial charge in [0.25, 0.3) is 0 Å². The zero-order chi connectivity index (χ0) is 14.7. The standard InChI is InChI=1S/C19H19NO/c1-15-7-11-18(12-8-15)19-13-17(14-20(19)21)10-9-16-5-3-2-4-6-16/h2-12,17H,13-14H2,1H3/b10-9+/t17-/m0/s1. The fourth-order valence-corrected chi connectivity index (χ4v) is 2.69. The van der Waals surface area contributed by atoms with Crippen molar-refractivity contribution in [1.29, 1.82) is 0 Å². The first kappa shape index (κ1) is 13.6. The fourth-order valence-electron chi connectivity index (χ4n) is 2.69. The van der Waals surface area contributed by atoms with E-state index in [-0.39, 0.29) is 0 Å². The lowest BCUT2D eigenvalue weighted by molar-refractivity contribution is -0.452. The largest absolute Gasteiger partial charge is 0.624 e. The normalized spacial score (nSPS) is 18.6. The van der Waals surface area contributed by atoms with Gasteiger partial charge in [0.1, 0.15) is 0 Å². The number of hydrogen-bond donors (Lipinski definition) is 0. The third-order valence-corrected chi connectivity index (χ3v) is 3.90. The van der Waals surface area contributed by atoms with Crippen molar-refractivity contribution >= 4 is 11.8 Å². The summed E-state index contributed by atoms with van der Waals surface area (Å²) >= 11 is 0. The summed E-state index contributed by atoms with van der Waals surface area (Å²) in [6, 6.07) is 18.4. The number of hydrogen-bond acceptors (Lipinski definition) is 1. The van der Waals surface area contributed by atoms with Crippen molar-refractivity contribution in [2.45, 2.75) is 13.3 Å². The van der Waals surface area contributed by atoms with Crippen LogP contribution >= 0.6 is 0 Å². The van der Waals surface area contributed by atoms with Crippen LogP contribution in [0.5, 0.6) is 0 Å².